The Bertz CT molecular complexity index is 530. The number of halogens is 2. The smallest absolute Gasteiger partial charge is 0.232 e. The van der Waals surface area contributed by atoms with Crippen LogP contribution in [-0.2, 0) is 10.0 Å². The molecule has 0 aliphatic rings. The fourth-order valence-electron chi connectivity index (χ4n) is 1.25. The van der Waals surface area contributed by atoms with Gasteiger partial charge in [-0.2, -0.15) is 0 Å². The highest BCUT2D eigenvalue weighted by Crippen LogP contribution is 2.22. The van der Waals surface area contributed by atoms with Crippen LogP contribution in [0.25, 0.3) is 0 Å². The molecule has 0 aliphatic heterocycles. The van der Waals surface area contributed by atoms with E-state index < -0.39 is 21.7 Å². The number of nitrogens with one attached hydrogen (secondary N) is 1. The van der Waals surface area contributed by atoms with Crippen molar-refractivity contribution in [2.45, 2.75) is 20.3 Å². The number of hydrogen-bond donors (Lipinski definition) is 2. The molecule has 0 saturated heterocycles. The van der Waals surface area contributed by atoms with Gasteiger partial charge in [-0.05, 0) is 18.4 Å². The zero-order valence-corrected chi connectivity index (χ0v) is 11.0. The molecular weight excluding hydrogens is 262 g/mol. The summed E-state index contributed by atoms with van der Waals surface area (Å²) in [4.78, 5) is 0. The molecule has 0 saturated carbocycles. The molecule has 0 amide bonds. The van der Waals surface area contributed by atoms with E-state index in [0.717, 1.165) is 6.07 Å². The number of benzene rings is 1. The van der Waals surface area contributed by atoms with Crippen molar-refractivity contribution in [3.63, 3.8) is 0 Å². The van der Waals surface area contributed by atoms with E-state index in [1.54, 1.807) is 0 Å². The van der Waals surface area contributed by atoms with E-state index in [1.807, 2.05) is 13.8 Å². The van der Waals surface area contributed by atoms with E-state index in [9.17, 15) is 17.2 Å². The molecule has 1 rings (SSSR count). The van der Waals surface area contributed by atoms with Crippen molar-refractivity contribution in [2.75, 3.05) is 16.2 Å². The highest BCUT2D eigenvalue weighted by atomic mass is 32.2. The van der Waals surface area contributed by atoms with E-state index in [4.69, 9.17) is 5.73 Å². The van der Waals surface area contributed by atoms with Gasteiger partial charge in [-0.3, -0.25) is 4.72 Å². The Morgan fingerprint density at radius 2 is 1.89 bits per heavy atom. The van der Waals surface area contributed by atoms with Gasteiger partial charge in [0.15, 0.2) is 0 Å². The van der Waals surface area contributed by atoms with E-state index in [-0.39, 0.29) is 23.0 Å². The molecule has 7 heteroatoms. The van der Waals surface area contributed by atoms with Gasteiger partial charge in [-0.25, -0.2) is 17.2 Å². The number of nitrogen functional groups attached to an aromatic ring is 1. The molecule has 1 aromatic carbocycles. The first-order valence-electron chi connectivity index (χ1n) is 5.46. The second-order valence-electron chi connectivity index (χ2n) is 4.46. The maximum atomic E-state index is 13.3. The lowest BCUT2D eigenvalue weighted by Gasteiger charge is -2.11. The van der Waals surface area contributed by atoms with Crippen LogP contribution in [0.15, 0.2) is 12.1 Å². The monoisotopic (exact) mass is 278 g/mol. The molecule has 3 N–H and O–H groups in total. The quantitative estimate of drug-likeness (QED) is 0.812. The molecule has 0 bridgehead atoms. The van der Waals surface area contributed by atoms with Gasteiger partial charge in [-0.1, -0.05) is 13.8 Å². The third kappa shape index (κ3) is 4.14. The minimum absolute atomic E-state index is 0.124. The summed E-state index contributed by atoms with van der Waals surface area (Å²) < 4.78 is 51.6. The predicted octanol–water partition coefficient (Wildman–Crippen LogP) is 2.33. The van der Waals surface area contributed by atoms with Crippen molar-refractivity contribution in [1.29, 1.82) is 0 Å². The Kier molecular flexibility index (Phi) is 4.50. The molecule has 0 aromatic heterocycles. The maximum absolute atomic E-state index is 13.3. The first kappa shape index (κ1) is 14.7. The van der Waals surface area contributed by atoms with E-state index in [0.29, 0.717) is 12.5 Å². The number of sulfonamides is 1. The van der Waals surface area contributed by atoms with Crippen molar-refractivity contribution < 1.29 is 17.2 Å². The second-order valence-corrected chi connectivity index (χ2v) is 6.30. The number of rotatable bonds is 5. The lowest BCUT2D eigenvalue weighted by Crippen LogP contribution is -2.19. The molecule has 102 valence electrons. The number of hydrogen-bond acceptors (Lipinski definition) is 3. The summed E-state index contributed by atoms with van der Waals surface area (Å²) in [7, 11) is -3.65. The normalized spacial score (nSPS) is 11.8. The van der Waals surface area contributed by atoms with Crippen molar-refractivity contribution in [2.24, 2.45) is 5.92 Å². The van der Waals surface area contributed by atoms with Gasteiger partial charge in [0, 0.05) is 6.07 Å². The summed E-state index contributed by atoms with van der Waals surface area (Å²) in [6, 6.07) is 1.48. The average Bonchev–Trinajstić information content (AvgIpc) is 2.23. The van der Waals surface area contributed by atoms with Crippen LogP contribution in [0, 0.1) is 17.6 Å². The van der Waals surface area contributed by atoms with Crippen LogP contribution in [0.1, 0.15) is 20.3 Å². The molecule has 0 spiro atoms. The van der Waals surface area contributed by atoms with Gasteiger partial charge in [0.1, 0.15) is 11.6 Å². The minimum atomic E-state index is -3.65. The third-order valence-corrected chi connectivity index (χ3v) is 3.62. The molecule has 0 fully saturated rings. The van der Waals surface area contributed by atoms with Crippen molar-refractivity contribution in [3.05, 3.63) is 23.8 Å². The second kappa shape index (κ2) is 5.51. The van der Waals surface area contributed by atoms with Crippen molar-refractivity contribution >= 4 is 21.4 Å². The van der Waals surface area contributed by atoms with Gasteiger partial charge in [0.05, 0.1) is 17.1 Å². The van der Waals surface area contributed by atoms with Crippen molar-refractivity contribution in [3.8, 4) is 0 Å². The molecule has 0 aliphatic carbocycles. The van der Waals surface area contributed by atoms with Gasteiger partial charge in [-0.15, -0.1) is 0 Å². The lowest BCUT2D eigenvalue weighted by molar-refractivity contribution is 0.574. The first-order valence-corrected chi connectivity index (χ1v) is 7.11. The summed E-state index contributed by atoms with van der Waals surface area (Å²) in [6.45, 7) is 3.76. The molecule has 0 heterocycles. The van der Waals surface area contributed by atoms with Crippen LogP contribution >= 0.6 is 0 Å². The van der Waals surface area contributed by atoms with E-state index >= 15 is 0 Å². The van der Waals surface area contributed by atoms with Crippen molar-refractivity contribution in [1.82, 2.24) is 0 Å². The summed E-state index contributed by atoms with van der Waals surface area (Å²) in [5.41, 5.74) is 4.61. The molecule has 4 nitrogen and oxygen atoms in total. The van der Waals surface area contributed by atoms with Crippen LogP contribution in [0.2, 0.25) is 0 Å². The average molecular weight is 278 g/mol. The van der Waals surface area contributed by atoms with Gasteiger partial charge in [0.2, 0.25) is 10.0 Å². The molecule has 0 unspecified atom stereocenters. The summed E-state index contributed by atoms with van der Waals surface area (Å²) in [5, 5.41) is 0. The standard InChI is InChI=1S/C11H16F2N2O2S/c1-7(2)3-4-18(16,17)15-11-6-10(14)8(12)5-9(11)13/h5-7,15H,3-4,14H2,1-2H3. The maximum Gasteiger partial charge on any atom is 0.232 e. The van der Waals surface area contributed by atoms with Crippen LogP contribution in [-0.4, -0.2) is 14.2 Å². The zero-order valence-electron chi connectivity index (χ0n) is 10.2. The fourth-order valence-corrected chi connectivity index (χ4v) is 2.63. The molecule has 0 radical (unpaired) electrons. The van der Waals surface area contributed by atoms with Crippen LogP contribution < -0.4 is 10.5 Å². The molecule has 1 aromatic rings. The molecule has 18 heavy (non-hydrogen) atoms. The summed E-state index contributed by atoms with van der Waals surface area (Å²) >= 11 is 0. The molecule has 0 atom stereocenters. The largest absolute Gasteiger partial charge is 0.396 e. The van der Waals surface area contributed by atoms with Gasteiger partial charge in [0.25, 0.3) is 0 Å². The van der Waals surface area contributed by atoms with Gasteiger partial charge < -0.3 is 5.73 Å². The van der Waals surface area contributed by atoms with Crippen LogP contribution in [0.5, 0.6) is 0 Å². The van der Waals surface area contributed by atoms with Crippen LogP contribution in [0.3, 0.4) is 0 Å². The molecular formula is C11H16F2N2O2S. The SMILES string of the molecule is CC(C)CCS(=O)(=O)Nc1cc(N)c(F)cc1F. The Hall–Kier alpha value is -1.37. The minimum Gasteiger partial charge on any atom is -0.396 e. The Balaban J connectivity index is 2.87. The summed E-state index contributed by atoms with van der Waals surface area (Å²) in [6.07, 6.45) is 0.452. The third-order valence-electron chi connectivity index (χ3n) is 2.32. The Morgan fingerprint density at radius 1 is 1.28 bits per heavy atom. The number of nitrogens with two attached hydrogens (primary N) is 1. The zero-order chi connectivity index (χ0) is 13.9. The Labute approximate surface area is 105 Å². The van der Waals surface area contributed by atoms with Crippen LogP contribution in [0.4, 0.5) is 20.2 Å². The highest BCUT2D eigenvalue weighted by molar-refractivity contribution is 7.92. The van der Waals surface area contributed by atoms with E-state index in [1.165, 1.54) is 0 Å². The topological polar surface area (TPSA) is 72.2 Å². The lowest BCUT2D eigenvalue weighted by atomic mass is 10.2. The van der Waals surface area contributed by atoms with Gasteiger partial charge >= 0.3 is 0 Å². The van der Waals surface area contributed by atoms with E-state index in [2.05, 4.69) is 4.72 Å². The Morgan fingerprint density at radius 3 is 2.44 bits per heavy atom. The number of anilines is 2. The summed E-state index contributed by atoms with van der Waals surface area (Å²) in [5.74, 6) is -1.82. The first-order chi connectivity index (χ1) is 8.21. The predicted molar refractivity (Wildman–Crippen MR) is 67.6 cm³/mol. The fraction of sp³-hybridized carbons (Fsp3) is 0.455. The highest BCUT2D eigenvalue weighted by Gasteiger charge is 2.15.